The van der Waals surface area contributed by atoms with E-state index >= 15 is 0 Å². The van der Waals surface area contributed by atoms with Crippen molar-refractivity contribution in [2.24, 2.45) is 0 Å². The van der Waals surface area contributed by atoms with Crippen LogP contribution in [0.5, 0.6) is 0 Å². The zero-order chi connectivity index (χ0) is 10.4. The summed E-state index contributed by atoms with van der Waals surface area (Å²) in [5.41, 5.74) is 4.18. The fraction of sp³-hybridized carbons (Fsp3) is 0.500. The van der Waals surface area contributed by atoms with Gasteiger partial charge in [0.15, 0.2) is 0 Å². The van der Waals surface area contributed by atoms with E-state index in [-0.39, 0.29) is 0 Å². The van der Waals surface area contributed by atoms with E-state index in [1.165, 1.54) is 16.7 Å². The Morgan fingerprint density at radius 2 is 1.43 bits per heavy atom. The second-order valence-electron chi connectivity index (χ2n) is 3.69. The van der Waals surface area contributed by atoms with Crippen LogP contribution in [0.15, 0.2) is 18.2 Å². The standard InChI is InChI=1S/C9H12.C3H8N2/c1-7-5-4-6-8(2)9(7)3;1-2-5-3-4-1/h4-6H,1-3H3;4-5H,1-3H2. The van der Waals surface area contributed by atoms with Crippen LogP contribution in [0.4, 0.5) is 0 Å². The Morgan fingerprint density at radius 3 is 1.71 bits per heavy atom. The van der Waals surface area contributed by atoms with Gasteiger partial charge >= 0.3 is 0 Å². The highest BCUT2D eigenvalue weighted by Gasteiger charge is 1.92. The van der Waals surface area contributed by atoms with Crippen molar-refractivity contribution < 1.29 is 0 Å². The fourth-order valence-electron chi connectivity index (χ4n) is 1.34. The van der Waals surface area contributed by atoms with Crippen LogP contribution in [0.3, 0.4) is 0 Å². The van der Waals surface area contributed by atoms with Gasteiger partial charge in [0, 0.05) is 19.8 Å². The molecule has 0 saturated carbocycles. The molecule has 1 fully saturated rings. The van der Waals surface area contributed by atoms with Gasteiger partial charge < -0.3 is 10.6 Å². The van der Waals surface area contributed by atoms with Gasteiger partial charge in [-0.05, 0) is 37.5 Å². The van der Waals surface area contributed by atoms with Crippen LogP contribution < -0.4 is 10.6 Å². The normalized spacial score (nSPS) is 14.8. The summed E-state index contributed by atoms with van der Waals surface area (Å²) in [5, 5.41) is 6.22. The van der Waals surface area contributed by atoms with E-state index in [9.17, 15) is 0 Å². The summed E-state index contributed by atoms with van der Waals surface area (Å²) in [4.78, 5) is 0. The summed E-state index contributed by atoms with van der Waals surface area (Å²) in [7, 11) is 0. The predicted octanol–water partition coefficient (Wildman–Crippen LogP) is 1.75. The van der Waals surface area contributed by atoms with Gasteiger partial charge in [0.1, 0.15) is 0 Å². The van der Waals surface area contributed by atoms with E-state index < -0.39 is 0 Å². The molecule has 0 aliphatic carbocycles. The van der Waals surface area contributed by atoms with Crippen molar-refractivity contribution in [3.8, 4) is 0 Å². The van der Waals surface area contributed by atoms with Gasteiger partial charge in [-0.25, -0.2) is 0 Å². The lowest BCUT2D eigenvalue weighted by molar-refractivity contribution is 0.807. The molecular weight excluding hydrogens is 172 g/mol. The Balaban J connectivity index is 0.000000165. The van der Waals surface area contributed by atoms with Crippen molar-refractivity contribution in [2.45, 2.75) is 20.8 Å². The molecule has 2 N–H and O–H groups in total. The van der Waals surface area contributed by atoms with E-state index in [1.807, 2.05) is 0 Å². The van der Waals surface area contributed by atoms with Gasteiger partial charge in [-0.3, -0.25) is 0 Å². The van der Waals surface area contributed by atoms with Gasteiger partial charge in [-0.1, -0.05) is 18.2 Å². The Morgan fingerprint density at radius 1 is 0.929 bits per heavy atom. The number of benzene rings is 1. The summed E-state index contributed by atoms with van der Waals surface area (Å²) < 4.78 is 0. The minimum atomic E-state index is 1.00. The first-order valence-electron chi connectivity index (χ1n) is 5.16. The smallest absolute Gasteiger partial charge is 0.0455 e. The maximum atomic E-state index is 3.11. The number of rotatable bonds is 0. The Kier molecular flexibility index (Phi) is 4.63. The minimum absolute atomic E-state index is 1.00. The SMILES string of the molecule is C1CNCN1.Cc1cccc(C)c1C. The molecule has 0 radical (unpaired) electrons. The molecule has 0 aromatic heterocycles. The summed E-state index contributed by atoms with van der Waals surface area (Å²) in [6.07, 6.45) is 0. The topological polar surface area (TPSA) is 24.1 Å². The lowest BCUT2D eigenvalue weighted by Crippen LogP contribution is -2.11. The molecule has 78 valence electrons. The predicted molar refractivity (Wildman–Crippen MR) is 61.5 cm³/mol. The fourth-order valence-corrected chi connectivity index (χ4v) is 1.34. The molecule has 1 saturated heterocycles. The number of nitrogens with one attached hydrogen (secondary N) is 2. The van der Waals surface area contributed by atoms with Crippen molar-refractivity contribution in [1.82, 2.24) is 10.6 Å². The highest BCUT2D eigenvalue weighted by Crippen LogP contribution is 2.09. The molecule has 1 aromatic carbocycles. The molecule has 0 bridgehead atoms. The third-order valence-corrected chi connectivity index (χ3v) is 2.60. The monoisotopic (exact) mass is 192 g/mol. The number of hydrogen-bond acceptors (Lipinski definition) is 2. The third-order valence-electron chi connectivity index (χ3n) is 2.60. The van der Waals surface area contributed by atoms with Crippen LogP contribution in [0.25, 0.3) is 0 Å². The van der Waals surface area contributed by atoms with Crippen LogP contribution in [-0.2, 0) is 0 Å². The lowest BCUT2D eigenvalue weighted by Gasteiger charge is -2.00. The molecule has 0 atom stereocenters. The summed E-state index contributed by atoms with van der Waals surface area (Å²) in [6, 6.07) is 6.38. The highest BCUT2D eigenvalue weighted by molar-refractivity contribution is 5.31. The lowest BCUT2D eigenvalue weighted by atomic mass is 10.1. The molecule has 14 heavy (non-hydrogen) atoms. The van der Waals surface area contributed by atoms with E-state index in [4.69, 9.17) is 0 Å². The zero-order valence-corrected chi connectivity index (χ0v) is 9.35. The quantitative estimate of drug-likeness (QED) is 0.654. The van der Waals surface area contributed by atoms with Gasteiger partial charge in [-0.2, -0.15) is 0 Å². The van der Waals surface area contributed by atoms with Gasteiger partial charge in [-0.15, -0.1) is 0 Å². The highest BCUT2D eigenvalue weighted by atomic mass is 15.1. The Labute approximate surface area is 86.7 Å². The molecule has 0 unspecified atom stereocenters. The maximum absolute atomic E-state index is 3.11. The van der Waals surface area contributed by atoms with Crippen molar-refractivity contribution in [3.05, 3.63) is 34.9 Å². The van der Waals surface area contributed by atoms with Crippen LogP contribution in [0.1, 0.15) is 16.7 Å². The summed E-state index contributed by atoms with van der Waals surface area (Å²) >= 11 is 0. The molecule has 2 rings (SSSR count). The van der Waals surface area contributed by atoms with E-state index in [2.05, 4.69) is 49.6 Å². The van der Waals surface area contributed by atoms with Crippen LogP contribution >= 0.6 is 0 Å². The summed E-state index contributed by atoms with van der Waals surface area (Å²) in [6.45, 7) is 9.72. The molecular formula is C12H20N2. The molecule has 2 nitrogen and oxygen atoms in total. The number of hydrogen-bond donors (Lipinski definition) is 2. The first kappa shape index (κ1) is 11.2. The zero-order valence-electron chi connectivity index (χ0n) is 9.35. The van der Waals surface area contributed by atoms with Crippen molar-refractivity contribution >= 4 is 0 Å². The molecule has 1 aromatic rings. The first-order chi connectivity index (χ1) is 6.72. The van der Waals surface area contributed by atoms with E-state index in [1.54, 1.807) is 0 Å². The first-order valence-corrected chi connectivity index (χ1v) is 5.16. The third kappa shape index (κ3) is 3.48. The molecule has 2 heteroatoms. The largest absolute Gasteiger partial charge is 0.303 e. The molecule has 1 aliphatic heterocycles. The summed E-state index contributed by atoms with van der Waals surface area (Å²) in [5.74, 6) is 0. The van der Waals surface area contributed by atoms with Crippen molar-refractivity contribution in [3.63, 3.8) is 0 Å². The van der Waals surface area contributed by atoms with Crippen LogP contribution in [0, 0.1) is 20.8 Å². The van der Waals surface area contributed by atoms with Gasteiger partial charge in [0.05, 0.1) is 0 Å². The molecule has 0 amide bonds. The number of aryl methyl sites for hydroxylation is 2. The Bertz CT molecular complexity index is 250. The maximum Gasteiger partial charge on any atom is 0.0455 e. The second-order valence-corrected chi connectivity index (χ2v) is 3.69. The van der Waals surface area contributed by atoms with Crippen molar-refractivity contribution in [2.75, 3.05) is 19.8 Å². The van der Waals surface area contributed by atoms with Gasteiger partial charge in [0.2, 0.25) is 0 Å². The van der Waals surface area contributed by atoms with Crippen molar-refractivity contribution in [1.29, 1.82) is 0 Å². The second kappa shape index (κ2) is 5.78. The van der Waals surface area contributed by atoms with Crippen LogP contribution in [-0.4, -0.2) is 19.8 Å². The average Bonchev–Trinajstić information content (AvgIpc) is 2.72. The minimum Gasteiger partial charge on any atom is -0.303 e. The average molecular weight is 192 g/mol. The molecule has 1 heterocycles. The molecule has 0 spiro atoms. The van der Waals surface area contributed by atoms with Crippen LogP contribution in [0.2, 0.25) is 0 Å². The van der Waals surface area contributed by atoms with E-state index in [0.29, 0.717) is 0 Å². The Hall–Kier alpha value is -0.860. The molecule has 1 aliphatic rings. The van der Waals surface area contributed by atoms with E-state index in [0.717, 1.165) is 19.8 Å². The van der Waals surface area contributed by atoms with Gasteiger partial charge in [0.25, 0.3) is 0 Å².